The summed E-state index contributed by atoms with van der Waals surface area (Å²) in [6, 6.07) is 11.3. The molecule has 2 heterocycles. The quantitative estimate of drug-likeness (QED) is 0.362. The number of aromatic nitrogens is 2. The van der Waals surface area contributed by atoms with Gasteiger partial charge in [0.15, 0.2) is 5.96 Å². The first kappa shape index (κ1) is 21.7. The van der Waals surface area contributed by atoms with Gasteiger partial charge in [0.1, 0.15) is 0 Å². The third-order valence-electron chi connectivity index (χ3n) is 4.92. The Morgan fingerprint density at radius 2 is 2.04 bits per heavy atom. The number of nitrogens with zero attached hydrogens (tertiary/aromatic N) is 4. The molecule has 148 valence electrons. The molecule has 0 radical (unpaired) electrons. The third-order valence-corrected chi connectivity index (χ3v) is 4.92. The van der Waals surface area contributed by atoms with Crippen LogP contribution in [0, 0.1) is 0 Å². The molecule has 1 unspecified atom stereocenters. The van der Waals surface area contributed by atoms with Gasteiger partial charge < -0.3 is 10.6 Å². The summed E-state index contributed by atoms with van der Waals surface area (Å²) in [5.74, 6) is 0.875. The van der Waals surface area contributed by atoms with E-state index in [9.17, 15) is 0 Å². The standard InChI is InChI=1S/C20H30N6.HI/c1-21-20(22-11-10-18-13-24-25(2)15-18)23-14-19-9-6-12-26(19)16-17-7-4-3-5-8-17;/h3-5,7-8,13,15,19H,6,9-12,14,16H2,1-2H3,(H2,21,22,23);1H. The highest BCUT2D eigenvalue weighted by Crippen LogP contribution is 2.19. The predicted octanol–water partition coefficient (Wildman–Crippen LogP) is 2.41. The molecular weight excluding hydrogens is 451 g/mol. The summed E-state index contributed by atoms with van der Waals surface area (Å²) in [6.45, 7) is 3.98. The van der Waals surface area contributed by atoms with Gasteiger partial charge in [0.2, 0.25) is 0 Å². The smallest absolute Gasteiger partial charge is 0.191 e. The summed E-state index contributed by atoms with van der Waals surface area (Å²) in [6.07, 6.45) is 7.42. The van der Waals surface area contributed by atoms with E-state index in [1.165, 1.54) is 30.5 Å². The maximum atomic E-state index is 4.35. The normalized spacial score (nSPS) is 17.6. The molecule has 2 N–H and O–H groups in total. The molecule has 6 nitrogen and oxygen atoms in total. The van der Waals surface area contributed by atoms with Gasteiger partial charge >= 0.3 is 0 Å². The van der Waals surface area contributed by atoms with Crippen LogP contribution < -0.4 is 10.6 Å². The number of halogens is 1. The highest BCUT2D eigenvalue weighted by molar-refractivity contribution is 14.0. The first-order valence-electron chi connectivity index (χ1n) is 9.44. The molecule has 0 aliphatic carbocycles. The van der Waals surface area contributed by atoms with Gasteiger partial charge in [-0.25, -0.2) is 0 Å². The van der Waals surface area contributed by atoms with Crippen LogP contribution in [0.3, 0.4) is 0 Å². The van der Waals surface area contributed by atoms with Gasteiger partial charge in [0.25, 0.3) is 0 Å². The predicted molar refractivity (Wildman–Crippen MR) is 122 cm³/mol. The fraction of sp³-hybridized carbons (Fsp3) is 0.500. The maximum Gasteiger partial charge on any atom is 0.191 e. The molecule has 0 amide bonds. The van der Waals surface area contributed by atoms with Gasteiger partial charge in [0, 0.05) is 46.0 Å². The first-order chi connectivity index (χ1) is 12.7. The van der Waals surface area contributed by atoms with Crippen molar-refractivity contribution in [2.45, 2.75) is 31.8 Å². The van der Waals surface area contributed by atoms with Gasteiger partial charge in [-0.05, 0) is 36.9 Å². The topological polar surface area (TPSA) is 57.5 Å². The van der Waals surface area contributed by atoms with Gasteiger partial charge in [-0.1, -0.05) is 30.3 Å². The van der Waals surface area contributed by atoms with Crippen molar-refractivity contribution in [2.75, 3.05) is 26.7 Å². The number of rotatable bonds is 7. The minimum atomic E-state index is 0. The Labute approximate surface area is 179 Å². The molecule has 3 rings (SSSR count). The molecule has 7 heteroatoms. The van der Waals surface area contributed by atoms with E-state index in [4.69, 9.17) is 0 Å². The summed E-state index contributed by atoms with van der Waals surface area (Å²) < 4.78 is 1.84. The van der Waals surface area contributed by atoms with Crippen LogP contribution in [0.4, 0.5) is 0 Å². The monoisotopic (exact) mass is 482 g/mol. The Morgan fingerprint density at radius 1 is 1.22 bits per heavy atom. The molecule has 1 saturated heterocycles. The summed E-state index contributed by atoms with van der Waals surface area (Å²) in [4.78, 5) is 6.92. The molecule has 1 fully saturated rings. The number of hydrogen-bond acceptors (Lipinski definition) is 3. The van der Waals surface area contributed by atoms with Crippen molar-refractivity contribution in [3.63, 3.8) is 0 Å². The van der Waals surface area contributed by atoms with Crippen LogP contribution in [-0.4, -0.2) is 53.4 Å². The second-order valence-corrected chi connectivity index (χ2v) is 6.90. The minimum absolute atomic E-state index is 0. The maximum absolute atomic E-state index is 4.35. The molecule has 1 aliphatic heterocycles. The van der Waals surface area contributed by atoms with Crippen LogP contribution >= 0.6 is 24.0 Å². The number of benzene rings is 1. The fourth-order valence-corrected chi connectivity index (χ4v) is 3.51. The van der Waals surface area contributed by atoms with Crippen LogP contribution in [0.1, 0.15) is 24.0 Å². The summed E-state index contributed by atoms with van der Waals surface area (Å²) in [5, 5.41) is 11.1. The van der Waals surface area contributed by atoms with E-state index in [2.05, 4.69) is 62.2 Å². The Bertz CT molecular complexity index is 700. The van der Waals surface area contributed by atoms with Crippen LogP contribution in [-0.2, 0) is 20.0 Å². The molecule has 1 aromatic heterocycles. The van der Waals surface area contributed by atoms with Crippen molar-refractivity contribution in [3.05, 3.63) is 53.9 Å². The molecule has 1 aromatic carbocycles. The zero-order chi connectivity index (χ0) is 18.2. The Morgan fingerprint density at radius 3 is 2.74 bits per heavy atom. The lowest BCUT2D eigenvalue weighted by Gasteiger charge is -2.25. The largest absolute Gasteiger partial charge is 0.356 e. The van der Waals surface area contributed by atoms with Gasteiger partial charge in [0.05, 0.1) is 6.20 Å². The van der Waals surface area contributed by atoms with Crippen molar-refractivity contribution in [1.82, 2.24) is 25.3 Å². The number of hydrogen-bond donors (Lipinski definition) is 2. The summed E-state index contributed by atoms with van der Waals surface area (Å²) in [5.41, 5.74) is 2.62. The molecule has 27 heavy (non-hydrogen) atoms. The van der Waals surface area contributed by atoms with E-state index >= 15 is 0 Å². The van der Waals surface area contributed by atoms with E-state index in [0.717, 1.165) is 32.0 Å². The molecular formula is C20H31IN6. The first-order valence-corrected chi connectivity index (χ1v) is 9.44. The minimum Gasteiger partial charge on any atom is -0.356 e. The third kappa shape index (κ3) is 6.80. The van der Waals surface area contributed by atoms with Gasteiger partial charge in [-0.15, -0.1) is 24.0 Å². The molecule has 0 bridgehead atoms. The van der Waals surface area contributed by atoms with E-state index in [-0.39, 0.29) is 24.0 Å². The van der Waals surface area contributed by atoms with Crippen LogP contribution in [0.5, 0.6) is 0 Å². The van der Waals surface area contributed by atoms with Crippen molar-refractivity contribution < 1.29 is 0 Å². The Balaban J connectivity index is 0.00000261. The van der Waals surface area contributed by atoms with Gasteiger partial charge in [-0.2, -0.15) is 5.10 Å². The van der Waals surface area contributed by atoms with Crippen LogP contribution in [0.25, 0.3) is 0 Å². The zero-order valence-corrected chi connectivity index (χ0v) is 18.6. The van der Waals surface area contributed by atoms with E-state index in [1.54, 1.807) is 0 Å². The second kappa shape index (κ2) is 11.3. The number of aryl methyl sites for hydroxylation is 1. The number of nitrogens with one attached hydrogen (secondary N) is 2. The highest BCUT2D eigenvalue weighted by Gasteiger charge is 2.24. The van der Waals surface area contributed by atoms with Crippen molar-refractivity contribution in [1.29, 1.82) is 0 Å². The molecule has 2 aromatic rings. The highest BCUT2D eigenvalue weighted by atomic mass is 127. The molecule has 0 spiro atoms. The zero-order valence-electron chi connectivity index (χ0n) is 16.3. The van der Waals surface area contributed by atoms with Gasteiger partial charge in [-0.3, -0.25) is 14.6 Å². The lowest BCUT2D eigenvalue weighted by atomic mass is 10.2. The lowest BCUT2D eigenvalue weighted by molar-refractivity contribution is 0.245. The second-order valence-electron chi connectivity index (χ2n) is 6.90. The van der Waals surface area contributed by atoms with Crippen molar-refractivity contribution in [3.8, 4) is 0 Å². The SMILES string of the molecule is CN=C(NCCc1cnn(C)c1)NCC1CCCN1Cc1ccccc1.I. The van der Waals surface area contributed by atoms with E-state index < -0.39 is 0 Å². The summed E-state index contributed by atoms with van der Waals surface area (Å²) >= 11 is 0. The summed E-state index contributed by atoms with van der Waals surface area (Å²) in [7, 11) is 3.77. The number of guanidine groups is 1. The average Bonchev–Trinajstić information content (AvgIpc) is 3.27. The van der Waals surface area contributed by atoms with Crippen LogP contribution in [0.15, 0.2) is 47.7 Å². The molecule has 0 saturated carbocycles. The molecule has 1 aliphatic rings. The number of aliphatic imine (C=N–C) groups is 1. The fourth-order valence-electron chi connectivity index (χ4n) is 3.51. The van der Waals surface area contributed by atoms with E-state index in [0.29, 0.717) is 6.04 Å². The average molecular weight is 482 g/mol. The molecule has 1 atom stereocenters. The van der Waals surface area contributed by atoms with E-state index in [1.807, 2.05) is 25.0 Å². The lowest BCUT2D eigenvalue weighted by Crippen LogP contribution is -2.45. The Kier molecular flexibility index (Phi) is 9.06. The van der Waals surface area contributed by atoms with Crippen molar-refractivity contribution in [2.24, 2.45) is 12.0 Å². The number of likely N-dealkylation sites (tertiary alicyclic amines) is 1. The Hall–Kier alpha value is -1.61. The van der Waals surface area contributed by atoms with Crippen LogP contribution in [0.2, 0.25) is 0 Å². The van der Waals surface area contributed by atoms with Crippen molar-refractivity contribution >= 4 is 29.9 Å².